The van der Waals surface area contributed by atoms with Crippen LogP contribution >= 0.6 is 0 Å². The summed E-state index contributed by atoms with van der Waals surface area (Å²) in [5, 5.41) is 31.9. The van der Waals surface area contributed by atoms with Gasteiger partial charge in [-0.1, -0.05) is 60.7 Å². The molecule has 34 heavy (non-hydrogen) atoms. The first kappa shape index (κ1) is 24.4. The third-order valence-electron chi connectivity index (χ3n) is 6.71. The predicted molar refractivity (Wildman–Crippen MR) is 135 cm³/mol. The van der Waals surface area contributed by atoms with Gasteiger partial charge in [0.25, 0.3) is 0 Å². The van der Waals surface area contributed by atoms with Gasteiger partial charge in [-0.2, -0.15) is 0 Å². The lowest BCUT2D eigenvalue weighted by molar-refractivity contribution is 0.175. The maximum Gasteiger partial charge on any atom is 0.137 e. The lowest BCUT2D eigenvalue weighted by Gasteiger charge is -2.36. The van der Waals surface area contributed by atoms with E-state index in [1.54, 1.807) is 23.9 Å². The summed E-state index contributed by atoms with van der Waals surface area (Å²) >= 11 is 0. The summed E-state index contributed by atoms with van der Waals surface area (Å²) in [4.78, 5) is 4.19. The highest BCUT2D eigenvalue weighted by molar-refractivity contribution is 5.66. The van der Waals surface area contributed by atoms with Crippen molar-refractivity contribution in [2.45, 2.75) is 37.8 Å². The molecule has 0 amide bonds. The summed E-state index contributed by atoms with van der Waals surface area (Å²) in [5.74, 6) is 1.90. The van der Waals surface area contributed by atoms with Crippen molar-refractivity contribution in [1.29, 1.82) is 0 Å². The number of aromatic nitrogens is 2. The lowest BCUT2D eigenvalue weighted by atomic mass is 9.71. The van der Waals surface area contributed by atoms with Crippen LogP contribution in [-0.4, -0.2) is 51.2 Å². The lowest BCUT2D eigenvalue weighted by Crippen LogP contribution is -2.33. The quantitative estimate of drug-likeness (QED) is 0.325. The maximum atomic E-state index is 9.88. The van der Waals surface area contributed by atoms with E-state index in [1.807, 2.05) is 12.2 Å². The third kappa shape index (κ3) is 5.83. The molecule has 0 aliphatic heterocycles. The second-order valence-corrected chi connectivity index (χ2v) is 9.18. The van der Waals surface area contributed by atoms with Crippen molar-refractivity contribution >= 4 is 6.08 Å². The number of hydrogen-bond donors (Lipinski definition) is 4. The zero-order chi connectivity index (χ0) is 23.9. The van der Waals surface area contributed by atoms with Gasteiger partial charge < -0.3 is 25.2 Å². The van der Waals surface area contributed by atoms with Crippen LogP contribution in [0.3, 0.4) is 0 Å². The molecular weight excluding hydrogens is 426 g/mol. The van der Waals surface area contributed by atoms with E-state index in [1.165, 1.54) is 29.5 Å². The van der Waals surface area contributed by atoms with Gasteiger partial charge in [0.05, 0.1) is 19.3 Å². The molecule has 6 heteroatoms. The van der Waals surface area contributed by atoms with Crippen LogP contribution in [0.4, 0.5) is 0 Å². The molecule has 0 unspecified atom stereocenters. The smallest absolute Gasteiger partial charge is 0.137 e. The van der Waals surface area contributed by atoms with Crippen LogP contribution in [0, 0.1) is 5.92 Å². The number of rotatable bonds is 11. The number of hydrogen-bond acceptors (Lipinski definition) is 5. The van der Waals surface area contributed by atoms with Crippen LogP contribution in [0.5, 0.6) is 0 Å². The average molecular weight is 462 g/mol. The second kappa shape index (κ2) is 11.6. The van der Waals surface area contributed by atoms with Crippen molar-refractivity contribution in [3.05, 3.63) is 84.0 Å². The van der Waals surface area contributed by atoms with E-state index < -0.39 is 6.10 Å². The van der Waals surface area contributed by atoms with E-state index in [-0.39, 0.29) is 19.3 Å². The fourth-order valence-electron chi connectivity index (χ4n) is 4.69. The molecule has 0 spiro atoms. The summed E-state index contributed by atoms with van der Waals surface area (Å²) in [6.45, 7) is 3.48. The minimum absolute atomic E-state index is 0.0715. The van der Waals surface area contributed by atoms with Crippen LogP contribution in [0.2, 0.25) is 0 Å². The Labute approximate surface area is 201 Å². The van der Waals surface area contributed by atoms with Crippen molar-refractivity contribution in [2.24, 2.45) is 5.92 Å². The molecule has 3 aromatic rings. The molecule has 1 aromatic heterocycles. The molecule has 0 radical (unpaired) electrons. The van der Waals surface area contributed by atoms with Gasteiger partial charge >= 0.3 is 0 Å². The summed E-state index contributed by atoms with van der Waals surface area (Å²) in [7, 11) is 0. The molecule has 4 rings (SSSR count). The first-order valence-corrected chi connectivity index (χ1v) is 12.1. The number of benzene rings is 2. The van der Waals surface area contributed by atoms with Gasteiger partial charge in [0, 0.05) is 18.9 Å². The Morgan fingerprint density at radius 3 is 2.35 bits per heavy atom. The number of aliphatic hydroxyl groups is 3. The zero-order valence-corrected chi connectivity index (χ0v) is 19.7. The van der Waals surface area contributed by atoms with Crippen LogP contribution < -0.4 is 5.32 Å². The molecule has 0 bridgehead atoms. The SMILES string of the molecule is C[C@H](O)c1nccn1[C@@H](/C=C/c1ccc(-c2ccc(C3CC(CNCCO)C3)cc2)cc1)CO. The molecule has 1 aliphatic carbocycles. The van der Waals surface area contributed by atoms with Crippen molar-refractivity contribution in [3.63, 3.8) is 0 Å². The highest BCUT2D eigenvalue weighted by Crippen LogP contribution is 2.41. The van der Waals surface area contributed by atoms with Gasteiger partial charge in [-0.25, -0.2) is 4.98 Å². The number of nitrogens with zero attached hydrogens (tertiary/aromatic N) is 2. The Morgan fingerprint density at radius 1 is 1.06 bits per heavy atom. The average Bonchev–Trinajstić information content (AvgIpc) is 3.32. The largest absolute Gasteiger partial charge is 0.395 e. The summed E-state index contributed by atoms with van der Waals surface area (Å²) < 4.78 is 1.80. The molecule has 6 nitrogen and oxygen atoms in total. The standard InChI is InChI=1S/C28H35N3O3/c1-20(34)28-30-12-14-31(28)27(19-33)11-4-21-2-5-23(6-3-21)24-7-9-25(10-8-24)26-16-22(17-26)18-29-13-15-32/h2-12,14,20,22,26-27,29,32-34H,13,15-19H2,1H3/b11-4+/t20-,22?,26?,27-/m0/s1. The van der Waals surface area contributed by atoms with Crippen LogP contribution in [0.1, 0.15) is 54.8 Å². The molecule has 2 atom stereocenters. The second-order valence-electron chi connectivity index (χ2n) is 9.18. The van der Waals surface area contributed by atoms with Crippen molar-refractivity contribution in [1.82, 2.24) is 14.9 Å². The number of imidazole rings is 1. The van der Waals surface area contributed by atoms with E-state index in [9.17, 15) is 10.2 Å². The first-order valence-electron chi connectivity index (χ1n) is 12.1. The fourth-order valence-corrected chi connectivity index (χ4v) is 4.69. The molecule has 1 saturated carbocycles. The van der Waals surface area contributed by atoms with Gasteiger partial charge in [0.1, 0.15) is 11.9 Å². The maximum absolute atomic E-state index is 9.88. The molecule has 1 aliphatic rings. The van der Waals surface area contributed by atoms with E-state index in [0.29, 0.717) is 18.3 Å². The van der Waals surface area contributed by atoms with Gasteiger partial charge in [0.2, 0.25) is 0 Å². The van der Waals surface area contributed by atoms with Gasteiger partial charge in [-0.15, -0.1) is 0 Å². The molecular formula is C28H35N3O3. The zero-order valence-electron chi connectivity index (χ0n) is 19.7. The molecule has 1 fully saturated rings. The number of aliphatic hydroxyl groups excluding tert-OH is 3. The minimum Gasteiger partial charge on any atom is -0.395 e. The Morgan fingerprint density at radius 2 is 1.74 bits per heavy atom. The third-order valence-corrected chi connectivity index (χ3v) is 6.71. The summed E-state index contributed by atoms with van der Waals surface area (Å²) in [6.07, 6.45) is 9.07. The van der Waals surface area contributed by atoms with E-state index >= 15 is 0 Å². The number of nitrogens with one attached hydrogen (secondary N) is 1. The van der Waals surface area contributed by atoms with Gasteiger partial charge in [-0.3, -0.25) is 0 Å². The summed E-state index contributed by atoms with van der Waals surface area (Å²) in [6, 6.07) is 17.0. The van der Waals surface area contributed by atoms with E-state index in [0.717, 1.165) is 18.0 Å². The highest BCUT2D eigenvalue weighted by Gasteiger charge is 2.29. The van der Waals surface area contributed by atoms with Crippen molar-refractivity contribution in [3.8, 4) is 11.1 Å². The van der Waals surface area contributed by atoms with Crippen LogP contribution in [0.25, 0.3) is 17.2 Å². The predicted octanol–water partition coefficient (Wildman–Crippen LogP) is 3.93. The molecule has 4 N–H and O–H groups in total. The highest BCUT2D eigenvalue weighted by atomic mass is 16.3. The monoisotopic (exact) mass is 461 g/mol. The molecule has 180 valence electrons. The Balaban J connectivity index is 1.35. The van der Waals surface area contributed by atoms with Crippen LogP contribution in [-0.2, 0) is 0 Å². The normalized spacial score (nSPS) is 19.8. The summed E-state index contributed by atoms with van der Waals surface area (Å²) in [5.41, 5.74) is 4.83. The van der Waals surface area contributed by atoms with E-state index in [2.05, 4.69) is 58.8 Å². The Hall–Kier alpha value is -2.77. The Bertz CT molecular complexity index is 1050. The first-order chi connectivity index (χ1) is 16.6. The van der Waals surface area contributed by atoms with Gasteiger partial charge in [-0.05, 0) is 60.4 Å². The minimum atomic E-state index is -0.692. The molecule has 1 heterocycles. The fraction of sp³-hybridized carbons (Fsp3) is 0.393. The Kier molecular flexibility index (Phi) is 8.29. The molecule has 0 saturated heterocycles. The van der Waals surface area contributed by atoms with Gasteiger partial charge in [0.15, 0.2) is 0 Å². The topological polar surface area (TPSA) is 90.5 Å². The van der Waals surface area contributed by atoms with E-state index in [4.69, 9.17) is 5.11 Å². The van der Waals surface area contributed by atoms with Crippen molar-refractivity contribution < 1.29 is 15.3 Å². The van der Waals surface area contributed by atoms with Crippen molar-refractivity contribution in [2.75, 3.05) is 26.3 Å². The molecule has 2 aromatic carbocycles. The van der Waals surface area contributed by atoms with Crippen LogP contribution in [0.15, 0.2) is 67.0 Å².